The summed E-state index contributed by atoms with van der Waals surface area (Å²) in [5.74, 6) is 1.31. The van der Waals surface area contributed by atoms with Crippen LogP contribution >= 0.6 is 0 Å². The van der Waals surface area contributed by atoms with E-state index in [4.69, 9.17) is 0 Å². The van der Waals surface area contributed by atoms with E-state index in [9.17, 15) is 4.79 Å². The van der Waals surface area contributed by atoms with Crippen LogP contribution in [0.3, 0.4) is 0 Å². The smallest absolute Gasteiger partial charge is 0.163 e. The second kappa shape index (κ2) is 32.5. The van der Waals surface area contributed by atoms with Crippen LogP contribution in [0.25, 0.3) is 0 Å². The van der Waals surface area contributed by atoms with Gasteiger partial charge in [0, 0.05) is 12.0 Å². The minimum atomic E-state index is 0. The second-order valence-corrected chi connectivity index (χ2v) is 9.68. The van der Waals surface area contributed by atoms with Crippen molar-refractivity contribution in [2.45, 2.75) is 154 Å². The first-order valence-corrected chi connectivity index (χ1v) is 15.3. The fraction of sp³-hybridized carbons (Fsp3) is 0.686. The lowest BCUT2D eigenvalue weighted by Crippen LogP contribution is -2.10. The molecule has 1 saturated carbocycles. The van der Waals surface area contributed by atoms with E-state index in [0.29, 0.717) is 18.7 Å². The predicted molar refractivity (Wildman–Crippen MR) is 176 cm³/mol. The first kappa shape index (κ1) is 42.5. The third-order valence-corrected chi connectivity index (χ3v) is 6.07. The van der Waals surface area contributed by atoms with Crippen molar-refractivity contribution in [1.82, 2.24) is 0 Å². The Kier molecular flexibility index (Phi) is 37.3. The lowest BCUT2D eigenvalue weighted by molar-refractivity contribution is -0.115. The van der Waals surface area contributed by atoms with Gasteiger partial charge in [-0.3, -0.25) is 4.79 Å². The Morgan fingerprint density at radius 1 is 0.946 bits per heavy atom. The van der Waals surface area contributed by atoms with Gasteiger partial charge in [-0.25, -0.2) is 0 Å². The van der Waals surface area contributed by atoms with Crippen molar-refractivity contribution in [2.24, 2.45) is 5.92 Å². The topological polar surface area (TPSA) is 17.1 Å². The molecule has 0 saturated heterocycles. The van der Waals surface area contributed by atoms with Gasteiger partial charge in [-0.05, 0) is 30.7 Å². The maximum Gasteiger partial charge on any atom is 0.163 e. The molecule has 0 aromatic heterocycles. The standard InChI is InChI=1S/C18H25BO.C9H18.C3H8.2C2H6.CH4/c1-15(14-16(2)19(3)4)18(20)13-9-8-12-17-10-6-5-7-11-17;1-2-3-4-6-9-7-5-8-9;1-3-2;2*1-2;/h5-7,10-11,14H,1,8-9,12-13H2,2-4H3;9H,2-8H2,1H3;3H2,1-2H3;2*1-2H3;1H4/b16-14-;;;;;. The minimum Gasteiger partial charge on any atom is -0.294 e. The zero-order valence-corrected chi connectivity index (χ0v) is 26.2. The number of Topliss-reactive ketones (excluding diaryl/α,β-unsaturated/α-hetero) is 1. The third-order valence-electron chi connectivity index (χ3n) is 6.07. The Labute approximate surface area is 236 Å². The molecule has 0 unspecified atom stereocenters. The van der Waals surface area contributed by atoms with Crippen LogP contribution in [-0.2, 0) is 11.2 Å². The molecule has 0 radical (unpaired) electrons. The number of allylic oxidation sites excluding steroid dienone is 3. The number of rotatable bonds is 12. The Morgan fingerprint density at radius 2 is 1.49 bits per heavy atom. The van der Waals surface area contributed by atoms with Gasteiger partial charge < -0.3 is 0 Å². The van der Waals surface area contributed by atoms with E-state index in [1.54, 1.807) is 0 Å². The van der Waals surface area contributed by atoms with Crippen molar-refractivity contribution < 1.29 is 4.79 Å². The number of ketones is 1. The summed E-state index contributed by atoms with van der Waals surface area (Å²) in [6.45, 7) is 25.2. The van der Waals surface area contributed by atoms with Crippen LogP contribution in [0.1, 0.15) is 139 Å². The molecule has 1 aliphatic rings. The quantitative estimate of drug-likeness (QED) is 0.117. The number of benzene rings is 1. The Bertz CT molecular complexity index is 626. The summed E-state index contributed by atoms with van der Waals surface area (Å²) in [5, 5.41) is 0. The average molecular weight is 515 g/mol. The van der Waals surface area contributed by atoms with Gasteiger partial charge in [-0.2, -0.15) is 0 Å². The zero-order valence-electron chi connectivity index (χ0n) is 26.2. The Morgan fingerprint density at radius 3 is 1.92 bits per heavy atom. The zero-order chi connectivity index (χ0) is 28.2. The Balaban J connectivity index is -0.000000266. The number of carbonyl (C=O) groups is 1. The van der Waals surface area contributed by atoms with Gasteiger partial charge in [-0.15, -0.1) is 5.47 Å². The second-order valence-electron chi connectivity index (χ2n) is 9.68. The summed E-state index contributed by atoms with van der Waals surface area (Å²) in [6.07, 6.45) is 17.2. The Hall–Kier alpha value is -1.57. The van der Waals surface area contributed by atoms with Crippen LogP contribution in [0, 0.1) is 5.92 Å². The number of carbonyl (C=O) groups excluding carboxylic acids is 1. The highest BCUT2D eigenvalue weighted by molar-refractivity contribution is 6.63. The molecular weight excluding hydrogens is 447 g/mol. The fourth-order valence-corrected chi connectivity index (χ4v) is 3.41. The molecule has 1 aromatic carbocycles. The summed E-state index contributed by atoms with van der Waals surface area (Å²) in [5.41, 5.74) is 3.21. The van der Waals surface area contributed by atoms with Crippen LogP contribution in [-0.4, -0.2) is 12.5 Å². The summed E-state index contributed by atoms with van der Waals surface area (Å²) in [4.78, 5) is 12.0. The lowest BCUT2D eigenvalue weighted by Gasteiger charge is -2.24. The van der Waals surface area contributed by atoms with Gasteiger partial charge in [0.15, 0.2) is 12.5 Å². The molecule has 1 nitrogen and oxygen atoms in total. The van der Waals surface area contributed by atoms with E-state index < -0.39 is 0 Å². The molecule has 2 heteroatoms. The molecule has 1 aromatic rings. The van der Waals surface area contributed by atoms with Crippen molar-refractivity contribution in [3.63, 3.8) is 0 Å². The van der Waals surface area contributed by atoms with Gasteiger partial charge in [-0.1, -0.05) is 171 Å². The SMILES string of the molecule is C.C=C(/C=C(/C)B(C)C)C(=O)CCCCc1ccccc1.CC.CC.CCC.CCCCCC1CCC1. The largest absolute Gasteiger partial charge is 0.294 e. The predicted octanol–water partition coefficient (Wildman–Crippen LogP) is 12.2. The summed E-state index contributed by atoms with van der Waals surface area (Å²) >= 11 is 0. The van der Waals surface area contributed by atoms with E-state index in [1.165, 1.54) is 62.4 Å². The molecule has 2 rings (SSSR count). The fourth-order valence-electron chi connectivity index (χ4n) is 3.41. The monoisotopic (exact) mass is 515 g/mol. The summed E-state index contributed by atoms with van der Waals surface area (Å²) in [6, 6.07) is 10.4. The van der Waals surface area contributed by atoms with E-state index in [0.717, 1.165) is 25.2 Å². The molecule has 0 spiro atoms. The molecule has 0 bridgehead atoms. The van der Waals surface area contributed by atoms with Crippen LogP contribution in [0.4, 0.5) is 0 Å². The van der Waals surface area contributed by atoms with Gasteiger partial charge in [0.05, 0.1) is 0 Å². The molecule has 0 aliphatic heterocycles. The number of hydrogen-bond donors (Lipinski definition) is 0. The minimum absolute atomic E-state index is 0. The molecule has 0 heterocycles. The van der Waals surface area contributed by atoms with Gasteiger partial charge in [0.2, 0.25) is 0 Å². The maximum atomic E-state index is 12.0. The van der Waals surface area contributed by atoms with Crippen molar-refractivity contribution in [3.05, 3.63) is 59.6 Å². The highest BCUT2D eigenvalue weighted by Crippen LogP contribution is 2.30. The first-order valence-electron chi connectivity index (χ1n) is 15.3. The normalized spacial score (nSPS) is 11.7. The molecule has 1 fully saturated rings. The molecule has 37 heavy (non-hydrogen) atoms. The molecule has 0 amide bonds. The van der Waals surface area contributed by atoms with E-state index in [1.807, 2.05) is 39.8 Å². The van der Waals surface area contributed by atoms with Crippen LogP contribution in [0.15, 0.2) is 54.0 Å². The lowest BCUT2D eigenvalue weighted by atomic mass is 9.49. The van der Waals surface area contributed by atoms with Crippen molar-refractivity contribution in [2.75, 3.05) is 0 Å². The number of aryl methyl sites for hydroxylation is 1. The van der Waals surface area contributed by atoms with Crippen molar-refractivity contribution >= 4 is 12.5 Å². The van der Waals surface area contributed by atoms with Gasteiger partial charge in [0.25, 0.3) is 0 Å². The van der Waals surface area contributed by atoms with E-state index in [2.05, 4.69) is 72.2 Å². The molecular formula is C35H67BO. The molecule has 0 N–H and O–H groups in total. The highest BCUT2D eigenvalue weighted by atomic mass is 16.1. The van der Waals surface area contributed by atoms with Gasteiger partial charge in [0.1, 0.15) is 0 Å². The van der Waals surface area contributed by atoms with Crippen molar-refractivity contribution in [1.29, 1.82) is 0 Å². The van der Waals surface area contributed by atoms with E-state index >= 15 is 0 Å². The van der Waals surface area contributed by atoms with Crippen molar-refractivity contribution in [3.8, 4) is 0 Å². The summed E-state index contributed by atoms with van der Waals surface area (Å²) < 4.78 is 0. The van der Waals surface area contributed by atoms with Crippen LogP contribution < -0.4 is 0 Å². The van der Waals surface area contributed by atoms with Gasteiger partial charge >= 0.3 is 0 Å². The van der Waals surface area contributed by atoms with Crippen LogP contribution in [0.5, 0.6) is 0 Å². The number of hydrogen-bond acceptors (Lipinski definition) is 1. The molecule has 216 valence electrons. The molecule has 1 aliphatic carbocycles. The first-order chi connectivity index (χ1) is 17.3. The third kappa shape index (κ3) is 27.3. The highest BCUT2D eigenvalue weighted by Gasteiger charge is 2.15. The van der Waals surface area contributed by atoms with Crippen LogP contribution in [0.2, 0.25) is 13.6 Å². The molecule has 0 atom stereocenters. The summed E-state index contributed by atoms with van der Waals surface area (Å²) in [7, 11) is 0. The maximum absolute atomic E-state index is 12.0. The van der Waals surface area contributed by atoms with E-state index in [-0.39, 0.29) is 13.2 Å². The number of unbranched alkanes of at least 4 members (excludes halogenated alkanes) is 3. The average Bonchev–Trinajstić information content (AvgIpc) is 2.87.